The molecule has 2 aromatic carbocycles. The zero-order chi connectivity index (χ0) is 26.7. The van der Waals surface area contributed by atoms with E-state index in [1.165, 1.54) is 9.80 Å². The highest BCUT2D eigenvalue weighted by atomic mass is 19.2. The van der Waals surface area contributed by atoms with Crippen LogP contribution in [0.3, 0.4) is 0 Å². The van der Waals surface area contributed by atoms with Crippen LogP contribution in [0.2, 0.25) is 0 Å². The lowest BCUT2D eigenvalue weighted by molar-refractivity contribution is -0.135. The van der Waals surface area contributed by atoms with Gasteiger partial charge in [0.25, 0.3) is 0 Å². The first-order valence-electron chi connectivity index (χ1n) is 11.3. The molecule has 0 bridgehead atoms. The number of carbonyl (C=O) groups excluding carboxylic acids is 4. The smallest absolute Gasteiger partial charge is 0.423 e. The number of hydrogen-bond donors (Lipinski definition) is 1. The number of rotatable bonds is 6. The Bertz CT molecular complexity index is 1220. The molecular formula is C24H23F3N4O6. The van der Waals surface area contributed by atoms with Crippen molar-refractivity contribution >= 4 is 35.4 Å². The molecule has 0 radical (unpaired) electrons. The van der Waals surface area contributed by atoms with Crippen molar-refractivity contribution in [2.75, 3.05) is 42.5 Å². The summed E-state index contributed by atoms with van der Waals surface area (Å²) in [5, 5.41) is 2.29. The van der Waals surface area contributed by atoms with E-state index < -0.39 is 65.5 Å². The molecule has 3 amide bonds. The normalized spacial score (nSPS) is 17.6. The van der Waals surface area contributed by atoms with E-state index >= 15 is 13.2 Å². The molecule has 2 aromatic rings. The average Bonchev–Trinajstić information content (AvgIpc) is 3.16. The van der Waals surface area contributed by atoms with Crippen molar-refractivity contribution in [2.24, 2.45) is 0 Å². The number of esters is 1. The molecule has 37 heavy (non-hydrogen) atoms. The van der Waals surface area contributed by atoms with Gasteiger partial charge in [-0.15, -0.1) is 0 Å². The first-order valence-corrected chi connectivity index (χ1v) is 11.3. The van der Waals surface area contributed by atoms with Gasteiger partial charge in [0.2, 0.25) is 5.91 Å². The molecular weight excluding hydrogens is 497 g/mol. The molecule has 1 N–H and O–H groups in total. The number of carbonyl (C=O) groups is 4. The van der Waals surface area contributed by atoms with E-state index in [2.05, 4.69) is 10.1 Å². The zero-order valence-electron chi connectivity index (χ0n) is 19.7. The number of nitrogens with one attached hydrogen (secondary N) is 1. The van der Waals surface area contributed by atoms with Gasteiger partial charge in [0.1, 0.15) is 12.3 Å². The van der Waals surface area contributed by atoms with Crippen molar-refractivity contribution in [1.29, 1.82) is 0 Å². The quantitative estimate of drug-likeness (QED) is 0.354. The standard InChI is InChI=1S/C24H23F3N4O6/c1-14(32)28-12-18-22(33)37-24(35)31(18)17-11-16(25)21(20(27)19(17)26)29-7-9-30(10-8-29)23(34)36-13-15-5-3-2-4-6-15/h2-6,11,18H,7-10,12-13H2,1H3,(H,28,32)/t18-/m0/s1. The number of halogens is 3. The molecule has 4 rings (SSSR count). The molecule has 2 aliphatic heterocycles. The largest absolute Gasteiger partial charge is 0.445 e. The number of nitrogens with zero attached hydrogens (tertiary/aromatic N) is 3. The first kappa shape index (κ1) is 25.8. The minimum absolute atomic E-state index is 0.0114. The fourth-order valence-corrected chi connectivity index (χ4v) is 4.08. The van der Waals surface area contributed by atoms with Crippen LogP contribution in [-0.4, -0.2) is 67.7 Å². The van der Waals surface area contributed by atoms with Gasteiger partial charge in [0.15, 0.2) is 23.5 Å². The Labute approximate surface area is 209 Å². The van der Waals surface area contributed by atoms with Crippen LogP contribution in [0.4, 0.5) is 34.1 Å². The van der Waals surface area contributed by atoms with Crippen LogP contribution in [0.5, 0.6) is 0 Å². The lowest BCUT2D eigenvalue weighted by atomic mass is 10.1. The third-order valence-electron chi connectivity index (χ3n) is 5.95. The van der Waals surface area contributed by atoms with Gasteiger partial charge in [-0.2, -0.15) is 0 Å². The predicted molar refractivity (Wildman–Crippen MR) is 123 cm³/mol. The van der Waals surface area contributed by atoms with Crippen LogP contribution >= 0.6 is 0 Å². The number of amides is 3. The molecule has 10 nitrogen and oxygen atoms in total. The predicted octanol–water partition coefficient (Wildman–Crippen LogP) is 2.55. The lowest BCUT2D eigenvalue weighted by Crippen LogP contribution is -2.49. The number of piperazine rings is 1. The van der Waals surface area contributed by atoms with Gasteiger partial charge in [-0.05, 0) is 5.56 Å². The number of anilines is 2. The maximum absolute atomic E-state index is 15.1. The molecule has 196 valence electrons. The Morgan fingerprint density at radius 3 is 2.38 bits per heavy atom. The summed E-state index contributed by atoms with van der Waals surface area (Å²) in [6.45, 7) is 0.908. The monoisotopic (exact) mass is 520 g/mol. The fourth-order valence-electron chi connectivity index (χ4n) is 4.08. The van der Waals surface area contributed by atoms with Crippen molar-refractivity contribution in [1.82, 2.24) is 10.2 Å². The lowest BCUT2D eigenvalue weighted by Gasteiger charge is -2.36. The number of cyclic esters (lactones) is 2. The molecule has 0 saturated carbocycles. The van der Waals surface area contributed by atoms with Gasteiger partial charge in [-0.1, -0.05) is 30.3 Å². The van der Waals surface area contributed by atoms with Crippen LogP contribution in [-0.2, 0) is 25.7 Å². The summed E-state index contributed by atoms with van der Waals surface area (Å²) in [5.41, 5.74) is -0.707. The van der Waals surface area contributed by atoms with Gasteiger partial charge in [0, 0.05) is 45.7 Å². The van der Waals surface area contributed by atoms with Gasteiger partial charge < -0.3 is 24.6 Å². The Hall–Kier alpha value is -4.29. The van der Waals surface area contributed by atoms with Crippen molar-refractivity contribution in [2.45, 2.75) is 19.6 Å². The Kier molecular flexibility index (Phi) is 7.50. The highest BCUT2D eigenvalue weighted by molar-refractivity contribution is 6.07. The molecule has 13 heteroatoms. The molecule has 1 atom stereocenters. The highest BCUT2D eigenvalue weighted by Gasteiger charge is 2.44. The molecule has 2 heterocycles. The van der Waals surface area contributed by atoms with Crippen LogP contribution in [0.25, 0.3) is 0 Å². The molecule has 0 aliphatic carbocycles. The second-order valence-corrected chi connectivity index (χ2v) is 8.38. The van der Waals surface area contributed by atoms with E-state index in [1.54, 1.807) is 12.1 Å². The molecule has 0 spiro atoms. The highest BCUT2D eigenvalue weighted by Crippen LogP contribution is 2.35. The topological polar surface area (TPSA) is 108 Å². The molecule has 2 saturated heterocycles. The minimum atomic E-state index is -1.57. The Balaban J connectivity index is 1.46. The summed E-state index contributed by atoms with van der Waals surface area (Å²) in [7, 11) is 0. The molecule has 2 aliphatic rings. The molecule has 0 unspecified atom stereocenters. The Morgan fingerprint density at radius 1 is 1.05 bits per heavy atom. The third kappa shape index (κ3) is 5.44. The minimum Gasteiger partial charge on any atom is -0.445 e. The molecule has 0 aromatic heterocycles. The van der Waals surface area contributed by atoms with E-state index in [0.29, 0.717) is 11.0 Å². The Morgan fingerprint density at radius 2 is 1.73 bits per heavy atom. The van der Waals surface area contributed by atoms with Crippen LogP contribution < -0.4 is 15.1 Å². The SMILES string of the molecule is CC(=O)NC[C@H]1C(=O)OC(=O)N1c1cc(F)c(N2CCN(C(=O)OCc3ccccc3)CC2)c(F)c1F. The average molecular weight is 520 g/mol. The summed E-state index contributed by atoms with van der Waals surface area (Å²) in [6.07, 6.45) is -1.91. The number of benzene rings is 2. The first-order chi connectivity index (χ1) is 17.7. The van der Waals surface area contributed by atoms with E-state index in [-0.39, 0.29) is 32.8 Å². The van der Waals surface area contributed by atoms with E-state index in [0.717, 1.165) is 12.5 Å². The zero-order valence-corrected chi connectivity index (χ0v) is 19.7. The second-order valence-electron chi connectivity index (χ2n) is 8.38. The maximum atomic E-state index is 15.1. The number of hydrogen-bond acceptors (Lipinski definition) is 7. The summed E-state index contributed by atoms with van der Waals surface area (Å²) in [5.74, 6) is -5.96. The summed E-state index contributed by atoms with van der Waals surface area (Å²) in [6, 6.07) is 8.14. The van der Waals surface area contributed by atoms with Gasteiger partial charge in [0.05, 0.1) is 5.69 Å². The summed E-state index contributed by atoms with van der Waals surface area (Å²) >= 11 is 0. The summed E-state index contributed by atoms with van der Waals surface area (Å²) < 4.78 is 55.0. The van der Waals surface area contributed by atoms with Crippen LogP contribution in [0.15, 0.2) is 36.4 Å². The van der Waals surface area contributed by atoms with E-state index in [4.69, 9.17) is 4.74 Å². The van der Waals surface area contributed by atoms with Crippen molar-refractivity contribution in [3.05, 3.63) is 59.4 Å². The summed E-state index contributed by atoms with van der Waals surface area (Å²) in [4.78, 5) is 50.8. The van der Waals surface area contributed by atoms with Crippen LogP contribution in [0, 0.1) is 17.5 Å². The van der Waals surface area contributed by atoms with Crippen molar-refractivity contribution in [3.63, 3.8) is 0 Å². The third-order valence-corrected chi connectivity index (χ3v) is 5.95. The van der Waals surface area contributed by atoms with E-state index in [1.807, 2.05) is 18.2 Å². The van der Waals surface area contributed by atoms with Gasteiger partial charge in [-0.25, -0.2) is 27.6 Å². The van der Waals surface area contributed by atoms with Gasteiger partial charge >= 0.3 is 18.2 Å². The van der Waals surface area contributed by atoms with Crippen molar-refractivity contribution < 1.29 is 41.8 Å². The van der Waals surface area contributed by atoms with E-state index in [9.17, 15) is 19.2 Å². The van der Waals surface area contributed by atoms with Crippen molar-refractivity contribution in [3.8, 4) is 0 Å². The number of ether oxygens (including phenoxy) is 2. The van der Waals surface area contributed by atoms with Gasteiger partial charge in [-0.3, -0.25) is 9.69 Å². The van der Waals surface area contributed by atoms with Crippen LogP contribution in [0.1, 0.15) is 12.5 Å². The fraction of sp³-hybridized carbons (Fsp3) is 0.333. The second kappa shape index (κ2) is 10.8. The maximum Gasteiger partial charge on any atom is 0.423 e. The molecule has 2 fully saturated rings.